The Balaban J connectivity index is 0.000000238. The second kappa shape index (κ2) is 11.3. The highest BCUT2D eigenvalue weighted by Crippen LogP contribution is 2.10. The molecule has 4 heteroatoms. The maximum absolute atomic E-state index is 9.02. The first-order chi connectivity index (χ1) is 11.2. The number of benzene rings is 2. The zero-order valence-electron chi connectivity index (χ0n) is 13.2. The third-order valence-electron chi connectivity index (χ3n) is 3.04. The fraction of sp³-hybridized carbons (Fsp3) is 0.263. The number of hydrogen-bond acceptors (Lipinski definition) is 4. The zero-order valence-corrected chi connectivity index (χ0v) is 13.2. The molecule has 0 aromatic heterocycles. The van der Waals surface area contributed by atoms with E-state index in [2.05, 4.69) is 6.58 Å². The molecule has 0 amide bonds. The molecule has 4 nitrogen and oxygen atoms in total. The average molecular weight is 316 g/mol. The molecule has 0 aliphatic rings. The minimum Gasteiger partial charge on any atom is -0.508 e. The first kappa shape index (κ1) is 18.7. The van der Waals surface area contributed by atoms with Crippen LogP contribution in [-0.2, 0) is 17.6 Å². The summed E-state index contributed by atoms with van der Waals surface area (Å²) in [6.07, 6.45) is 3.26. The Labute approximate surface area is 137 Å². The smallest absolute Gasteiger partial charge is 0.115 e. The quantitative estimate of drug-likeness (QED) is 0.542. The molecule has 0 heterocycles. The van der Waals surface area contributed by atoms with Crippen molar-refractivity contribution in [3.05, 3.63) is 72.3 Å². The number of aliphatic hydroxyl groups is 1. The first-order valence-electron chi connectivity index (χ1n) is 7.51. The van der Waals surface area contributed by atoms with Gasteiger partial charge in [-0.25, -0.2) is 0 Å². The lowest BCUT2D eigenvalue weighted by molar-refractivity contribution is 0.166. The zero-order chi connectivity index (χ0) is 16.9. The molecule has 0 radical (unpaired) electrons. The van der Waals surface area contributed by atoms with Crippen molar-refractivity contribution in [1.29, 1.82) is 0 Å². The largest absolute Gasteiger partial charge is 0.508 e. The number of aliphatic hydroxyl groups excluding tert-OH is 1. The van der Waals surface area contributed by atoms with E-state index >= 15 is 0 Å². The maximum Gasteiger partial charge on any atom is 0.115 e. The number of phenolic OH excluding ortho intramolecular Hbond substituents is 2. The van der Waals surface area contributed by atoms with E-state index in [4.69, 9.17) is 20.1 Å². The van der Waals surface area contributed by atoms with Crippen LogP contribution in [0.25, 0.3) is 0 Å². The summed E-state index contributed by atoms with van der Waals surface area (Å²) >= 11 is 0. The van der Waals surface area contributed by atoms with Gasteiger partial charge in [-0.05, 0) is 48.2 Å². The minimum absolute atomic E-state index is 0.158. The van der Waals surface area contributed by atoms with Crippen molar-refractivity contribution >= 4 is 0 Å². The summed E-state index contributed by atoms with van der Waals surface area (Å²) < 4.78 is 5.24. The van der Waals surface area contributed by atoms with Gasteiger partial charge >= 0.3 is 0 Å². The van der Waals surface area contributed by atoms with Crippen molar-refractivity contribution < 1.29 is 20.1 Å². The normalized spacial score (nSPS) is 9.78. The van der Waals surface area contributed by atoms with Gasteiger partial charge in [-0.2, -0.15) is 0 Å². The third-order valence-corrected chi connectivity index (χ3v) is 3.04. The van der Waals surface area contributed by atoms with Crippen molar-refractivity contribution in [1.82, 2.24) is 0 Å². The lowest BCUT2D eigenvalue weighted by Gasteiger charge is -2.01. The molecule has 124 valence electrons. The fourth-order valence-electron chi connectivity index (χ4n) is 1.81. The maximum atomic E-state index is 9.02. The van der Waals surface area contributed by atoms with E-state index in [9.17, 15) is 0 Å². The molecule has 0 saturated heterocycles. The Bertz CT molecular complexity index is 547. The van der Waals surface area contributed by atoms with E-state index in [1.165, 1.54) is 5.56 Å². The van der Waals surface area contributed by atoms with Gasteiger partial charge in [-0.3, -0.25) is 0 Å². The number of hydrogen-bond donors (Lipinski definition) is 3. The van der Waals surface area contributed by atoms with Gasteiger partial charge in [-0.1, -0.05) is 30.3 Å². The summed E-state index contributed by atoms with van der Waals surface area (Å²) in [6, 6.07) is 14.0. The Morgan fingerprint density at radius 2 is 1.30 bits per heavy atom. The predicted octanol–water partition coefficient (Wildman–Crippen LogP) is 3.06. The third kappa shape index (κ3) is 8.66. The van der Waals surface area contributed by atoms with Crippen LogP contribution in [0.1, 0.15) is 11.1 Å². The number of ether oxygens (including phenoxy) is 1. The van der Waals surface area contributed by atoms with Crippen molar-refractivity contribution in [2.75, 3.05) is 19.8 Å². The van der Waals surface area contributed by atoms with Crippen molar-refractivity contribution in [2.24, 2.45) is 0 Å². The van der Waals surface area contributed by atoms with Crippen LogP contribution in [0.15, 0.2) is 61.2 Å². The van der Waals surface area contributed by atoms with Gasteiger partial charge in [0.1, 0.15) is 11.5 Å². The van der Waals surface area contributed by atoms with Crippen LogP contribution in [-0.4, -0.2) is 35.1 Å². The topological polar surface area (TPSA) is 69.9 Å². The molecule has 0 fully saturated rings. The van der Waals surface area contributed by atoms with Gasteiger partial charge in [0, 0.05) is 6.61 Å². The van der Waals surface area contributed by atoms with E-state index < -0.39 is 0 Å². The van der Waals surface area contributed by atoms with Crippen LogP contribution in [0.2, 0.25) is 0 Å². The van der Waals surface area contributed by atoms with Gasteiger partial charge < -0.3 is 20.1 Å². The van der Waals surface area contributed by atoms with E-state index in [1.54, 1.807) is 42.5 Å². The molecule has 0 spiro atoms. The number of aromatic hydroxyl groups is 2. The summed E-state index contributed by atoms with van der Waals surface area (Å²) in [7, 11) is 0. The van der Waals surface area contributed by atoms with Crippen LogP contribution in [0.3, 0.4) is 0 Å². The van der Waals surface area contributed by atoms with Crippen LogP contribution in [0.5, 0.6) is 11.5 Å². The van der Waals surface area contributed by atoms with Crippen LogP contribution >= 0.6 is 0 Å². The Morgan fingerprint density at radius 1 is 0.826 bits per heavy atom. The molecular formula is C19H24O4. The van der Waals surface area contributed by atoms with Crippen LogP contribution in [0.4, 0.5) is 0 Å². The Hall–Kier alpha value is -2.30. The van der Waals surface area contributed by atoms with Gasteiger partial charge in [0.2, 0.25) is 0 Å². The van der Waals surface area contributed by atoms with Gasteiger partial charge in [0.15, 0.2) is 0 Å². The Morgan fingerprint density at radius 3 is 1.74 bits per heavy atom. The van der Waals surface area contributed by atoms with E-state index in [0.29, 0.717) is 25.4 Å². The van der Waals surface area contributed by atoms with Gasteiger partial charge in [-0.15, -0.1) is 6.58 Å². The summed E-state index contributed by atoms with van der Waals surface area (Å²) in [5.74, 6) is 0.567. The molecule has 2 aromatic carbocycles. The summed E-state index contributed by atoms with van der Waals surface area (Å²) in [5, 5.41) is 26.4. The molecule has 2 aromatic rings. The molecule has 0 aliphatic carbocycles. The number of phenols is 2. The highest BCUT2D eigenvalue weighted by molar-refractivity contribution is 5.26. The molecule has 2 rings (SSSR count). The molecular weight excluding hydrogens is 292 g/mol. The van der Waals surface area contributed by atoms with Crippen molar-refractivity contribution in [2.45, 2.75) is 12.8 Å². The van der Waals surface area contributed by atoms with E-state index in [1.807, 2.05) is 12.1 Å². The van der Waals surface area contributed by atoms with E-state index in [-0.39, 0.29) is 12.4 Å². The second-order valence-corrected chi connectivity index (χ2v) is 4.92. The predicted molar refractivity (Wildman–Crippen MR) is 91.7 cm³/mol. The van der Waals surface area contributed by atoms with Crippen molar-refractivity contribution in [3.63, 3.8) is 0 Å². The molecule has 0 bridgehead atoms. The SMILES string of the molecule is C=CCOCCc1ccc(O)cc1.OCCc1ccc(O)cc1. The highest BCUT2D eigenvalue weighted by Gasteiger charge is 1.93. The lowest BCUT2D eigenvalue weighted by Crippen LogP contribution is -1.97. The first-order valence-corrected chi connectivity index (χ1v) is 7.51. The monoisotopic (exact) mass is 316 g/mol. The summed E-state index contributed by atoms with van der Waals surface area (Å²) in [6.45, 7) is 5.00. The van der Waals surface area contributed by atoms with Gasteiger partial charge in [0.25, 0.3) is 0 Å². The minimum atomic E-state index is 0.158. The van der Waals surface area contributed by atoms with Crippen molar-refractivity contribution in [3.8, 4) is 11.5 Å². The molecule has 0 unspecified atom stereocenters. The van der Waals surface area contributed by atoms with Crippen LogP contribution in [0, 0.1) is 0 Å². The van der Waals surface area contributed by atoms with E-state index in [0.717, 1.165) is 12.0 Å². The molecule has 0 atom stereocenters. The van der Waals surface area contributed by atoms with Crippen LogP contribution < -0.4 is 0 Å². The summed E-state index contributed by atoms with van der Waals surface area (Å²) in [4.78, 5) is 0. The Kier molecular flexibility index (Phi) is 9.20. The molecule has 3 N–H and O–H groups in total. The molecule has 0 aliphatic heterocycles. The lowest BCUT2D eigenvalue weighted by atomic mass is 10.1. The molecule has 23 heavy (non-hydrogen) atoms. The standard InChI is InChI=1S/C11H14O2.C8H10O2/c1-2-8-13-9-7-10-3-5-11(12)6-4-10;9-6-5-7-1-3-8(10)4-2-7/h2-6,12H,1,7-9H2;1-4,9-10H,5-6H2. The highest BCUT2D eigenvalue weighted by atomic mass is 16.5. The summed E-state index contributed by atoms with van der Waals surface area (Å²) in [5.41, 5.74) is 2.21. The molecule has 0 saturated carbocycles. The van der Waals surface area contributed by atoms with Gasteiger partial charge in [0.05, 0.1) is 13.2 Å². The second-order valence-electron chi connectivity index (χ2n) is 4.92. The average Bonchev–Trinajstić information content (AvgIpc) is 2.56. The fourth-order valence-corrected chi connectivity index (χ4v) is 1.81. The number of rotatable bonds is 7.